The highest BCUT2D eigenvalue weighted by Crippen LogP contribution is 2.43. The molecule has 16 rings (SSSR count). The summed E-state index contributed by atoms with van der Waals surface area (Å²) in [5, 5.41) is 9.84. The molecule has 0 N–H and O–H groups in total. The van der Waals surface area contributed by atoms with Crippen LogP contribution >= 0.6 is 0 Å². The van der Waals surface area contributed by atoms with E-state index in [1.807, 2.05) is 12.1 Å². The van der Waals surface area contributed by atoms with Gasteiger partial charge in [-0.25, -0.2) is 9.97 Å². The maximum absolute atomic E-state index is 5.38. The van der Waals surface area contributed by atoms with Crippen molar-refractivity contribution in [2.75, 3.05) is 0 Å². The quantitative estimate of drug-likeness (QED) is 0.152. The highest BCUT2D eigenvalue weighted by atomic mass is 15.0. The molecule has 0 atom stereocenters. The molecule has 16 aromatic rings. The van der Waals surface area contributed by atoms with Crippen molar-refractivity contribution in [3.8, 4) is 78.4 Å². The first-order chi connectivity index (χ1) is 39.6. The number of hydrogen-bond donors (Lipinski definition) is 0. The van der Waals surface area contributed by atoms with Gasteiger partial charge in [0.25, 0.3) is 0 Å². The fourth-order valence-electron chi connectivity index (χ4n) is 12.5. The third-order valence-corrected chi connectivity index (χ3v) is 16.3. The first-order valence-corrected chi connectivity index (χ1v) is 27.4. The molecule has 0 fully saturated rings. The van der Waals surface area contributed by atoms with Gasteiger partial charge in [0.15, 0.2) is 0 Å². The molecular weight excluding hydrogens is 969 g/mol. The fraction of sp³-hybridized carbons (Fsp3) is 0. The molecule has 0 radical (unpaired) electrons. The van der Waals surface area contributed by atoms with Crippen molar-refractivity contribution in [3.05, 3.63) is 291 Å². The molecule has 4 heteroatoms. The zero-order chi connectivity index (χ0) is 52.7. The first kappa shape index (κ1) is 45.5. The van der Waals surface area contributed by atoms with Crippen molar-refractivity contribution in [1.29, 1.82) is 0 Å². The average Bonchev–Trinajstić information content (AvgIpc) is 4.11. The predicted octanol–water partition coefficient (Wildman–Crippen LogP) is 20.1. The van der Waals surface area contributed by atoms with Crippen molar-refractivity contribution >= 4 is 76.2 Å². The summed E-state index contributed by atoms with van der Waals surface area (Å²) in [7, 11) is 0. The second-order valence-electron chi connectivity index (χ2n) is 20.9. The van der Waals surface area contributed by atoms with Crippen molar-refractivity contribution < 1.29 is 0 Å². The normalized spacial score (nSPS) is 11.8. The molecule has 0 unspecified atom stereocenters. The van der Waals surface area contributed by atoms with Gasteiger partial charge in [-0.15, -0.1) is 0 Å². The van der Waals surface area contributed by atoms with Crippen LogP contribution in [0.1, 0.15) is 0 Å². The molecule has 0 saturated heterocycles. The third-order valence-electron chi connectivity index (χ3n) is 16.3. The van der Waals surface area contributed by atoms with Gasteiger partial charge in [0.05, 0.1) is 44.5 Å². The van der Waals surface area contributed by atoms with Gasteiger partial charge < -0.3 is 9.13 Å². The Morgan fingerprint density at radius 1 is 0.212 bits per heavy atom. The van der Waals surface area contributed by atoms with Gasteiger partial charge in [-0.05, 0) is 139 Å². The minimum Gasteiger partial charge on any atom is -0.309 e. The monoisotopic (exact) mass is 1020 g/mol. The van der Waals surface area contributed by atoms with Gasteiger partial charge >= 0.3 is 0 Å². The number of benzene rings is 13. The fourth-order valence-corrected chi connectivity index (χ4v) is 12.5. The van der Waals surface area contributed by atoms with Crippen LogP contribution in [0.2, 0.25) is 0 Å². The first-order valence-electron chi connectivity index (χ1n) is 27.4. The molecule has 372 valence electrons. The Labute approximate surface area is 462 Å². The standard InChI is InChI=1S/C76H48N4/c1-3-17-55-45-57(39-29-49(55)15-1)67-47-59(79-71-25-11-5-19-63(71)64-20-6-12-26-72(64)79)41-43-61(67)51-31-35-53(36-32-51)75-76(78-70-24-10-9-23-69(70)77-75)54-37-33-52(34-38-54)62-44-42-60(48-68(62)58-40-30-50-16-2-4-18-56(50)46-58)80-73-27-13-7-21-65(73)66-22-8-14-28-74(66)80/h1-48H. The molecule has 0 amide bonds. The highest BCUT2D eigenvalue weighted by Gasteiger charge is 2.20. The Balaban J connectivity index is 0.804. The number of hydrogen-bond acceptors (Lipinski definition) is 2. The molecule has 80 heavy (non-hydrogen) atoms. The average molecular weight is 1020 g/mol. The van der Waals surface area contributed by atoms with Crippen LogP contribution in [0, 0.1) is 0 Å². The van der Waals surface area contributed by atoms with Gasteiger partial charge in [-0.1, -0.05) is 218 Å². The second kappa shape index (κ2) is 18.5. The Bertz CT molecular complexity index is 4690. The van der Waals surface area contributed by atoms with Crippen molar-refractivity contribution in [2.45, 2.75) is 0 Å². The summed E-state index contributed by atoms with van der Waals surface area (Å²) in [5.74, 6) is 0. The molecule has 0 aliphatic rings. The van der Waals surface area contributed by atoms with E-state index < -0.39 is 0 Å². The smallest absolute Gasteiger partial charge is 0.0973 e. The van der Waals surface area contributed by atoms with Crippen molar-refractivity contribution in [2.24, 2.45) is 0 Å². The number of nitrogens with zero attached hydrogens (tertiary/aromatic N) is 4. The molecule has 0 bridgehead atoms. The van der Waals surface area contributed by atoms with Gasteiger partial charge in [-0.3, -0.25) is 0 Å². The van der Waals surface area contributed by atoms with E-state index in [1.54, 1.807) is 0 Å². The van der Waals surface area contributed by atoms with Crippen LogP contribution in [0.15, 0.2) is 291 Å². The number of aromatic nitrogens is 4. The van der Waals surface area contributed by atoms with Crippen LogP contribution in [0.25, 0.3) is 155 Å². The van der Waals surface area contributed by atoms with Crippen molar-refractivity contribution in [3.63, 3.8) is 0 Å². The summed E-state index contributed by atoms with van der Waals surface area (Å²) in [6.45, 7) is 0. The van der Waals surface area contributed by atoms with Gasteiger partial charge in [0.1, 0.15) is 0 Å². The minimum absolute atomic E-state index is 0.840. The molecule has 0 spiro atoms. The lowest BCUT2D eigenvalue weighted by Gasteiger charge is -2.17. The number of rotatable bonds is 8. The molecule has 13 aromatic carbocycles. The summed E-state index contributed by atoms with van der Waals surface area (Å²) in [4.78, 5) is 10.8. The zero-order valence-electron chi connectivity index (χ0n) is 43.5. The Morgan fingerprint density at radius 2 is 0.525 bits per heavy atom. The second-order valence-corrected chi connectivity index (χ2v) is 20.9. The van der Waals surface area contributed by atoms with Crippen molar-refractivity contribution in [1.82, 2.24) is 19.1 Å². The summed E-state index contributed by atoms with van der Waals surface area (Å²) in [5.41, 5.74) is 21.6. The van der Waals surface area contributed by atoms with Crippen LogP contribution in [-0.2, 0) is 0 Å². The van der Waals surface area contributed by atoms with Crippen LogP contribution in [0.4, 0.5) is 0 Å². The molecule has 0 aliphatic carbocycles. The number of para-hydroxylation sites is 6. The molecule has 3 heterocycles. The van der Waals surface area contributed by atoms with E-state index in [2.05, 4.69) is 288 Å². The van der Waals surface area contributed by atoms with Crippen LogP contribution in [0.3, 0.4) is 0 Å². The molecule has 0 aliphatic heterocycles. The summed E-state index contributed by atoms with van der Waals surface area (Å²) >= 11 is 0. The molecule has 3 aromatic heterocycles. The van der Waals surface area contributed by atoms with E-state index in [0.717, 1.165) is 67.2 Å². The van der Waals surface area contributed by atoms with Gasteiger partial charge in [-0.2, -0.15) is 0 Å². The summed E-state index contributed by atoms with van der Waals surface area (Å²) in [6, 6.07) is 106. The van der Waals surface area contributed by atoms with Crippen LogP contribution in [0.5, 0.6) is 0 Å². The predicted molar refractivity (Wildman–Crippen MR) is 336 cm³/mol. The molecule has 0 saturated carbocycles. The lowest BCUT2D eigenvalue weighted by molar-refractivity contribution is 1.18. The van der Waals surface area contributed by atoms with E-state index >= 15 is 0 Å². The van der Waals surface area contributed by atoms with E-state index in [-0.39, 0.29) is 0 Å². The zero-order valence-corrected chi connectivity index (χ0v) is 43.5. The third kappa shape index (κ3) is 7.53. The lowest BCUT2D eigenvalue weighted by Crippen LogP contribution is -1.97. The van der Waals surface area contributed by atoms with E-state index in [1.165, 1.54) is 87.4 Å². The van der Waals surface area contributed by atoms with Crippen LogP contribution in [-0.4, -0.2) is 19.1 Å². The highest BCUT2D eigenvalue weighted by molar-refractivity contribution is 6.11. The largest absolute Gasteiger partial charge is 0.309 e. The van der Waals surface area contributed by atoms with E-state index in [9.17, 15) is 0 Å². The maximum atomic E-state index is 5.38. The Morgan fingerprint density at radius 3 is 0.912 bits per heavy atom. The summed E-state index contributed by atoms with van der Waals surface area (Å²) < 4.78 is 4.81. The topological polar surface area (TPSA) is 35.6 Å². The molecular formula is C76H48N4. The minimum atomic E-state index is 0.840. The Hall–Kier alpha value is -10.7. The number of fused-ring (bicyclic) bond motifs is 9. The maximum Gasteiger partial charge on any atom is 0.0973 e. The van der Waals surface area contributed by atoms with Crippen LogP contribution < -0.4 is 0 Å². The van der Waals surface area contributed by atoms with E-state index in [0.29, 0.717) is 0 Å². The Kier molecular flexibility index (Phi) is 10.5. The van der Waals surface area contributed by atoms with Gasteiger partial charge in [0.2, 0.25) is 0 Å². The molecule has 4 nitrogen and oxygen atoms in total. The van der Waals surface area contributed by atoms with Gasteiger partial charge in [0, 0.05) is 44.0 Å². The lowest BCUT2D eigenvalue weighted by atomic mass is 9.91. The summed E-state index contributed by atoms with van der Waals surface area (Å²) in [6.07, 6.45) is 0. The van der Waals surface area contributed by atoms with E-state index in [4.69, 9.17) is 9.97 Å². The SMILES string of the molecule is c1ccc2cc(-c3cc(-n4c5ccccc5c5ccccc54)ccc3-c3ccc(-c4nc5ccccc5nc4-c4ccc(-c5ccc(-n6c7ccccc7c7ccccc76)cc5-c5ccc6ccccc6c5)cc4)cc3)ccc2c1.